The van der Waals surface area contributed by atoms with E-state index in [4.69, 9.17) is 21.4 Å². The molecule has 1 aromatic carbocycles. The summed E-state index contributed by atoms with van der Waals surface area (Å²) < 4.78 is 5.50. The lowest BCUT2D eigenvalue weighted by Gasteiger charge is -2.05. The van der Waals surface area contributed by atoms with Gasteiger partial charge in [-0.05, 0) is 26.0 Å². The monoisotopic (exact) mass is 283 g/mol. The molecule has 2 rings (SSSR count). The maximum atomic E-state index is 11.1. The number of hydrogen-bond donors (Lipinski definition) is 1. The van der Waals surface area contributed by atoms with E-state index in [0.717, 1.165) is 10.6 Å². The molecule has 2 aromatic rings. The largest absolute Gasteiger partial charge is 0.478 e. The second kappa shape index (κ2) is 4.96. The van der Waals surface area contributed by atoms with Gasteiger partial charge in [0.25, 0.3) is 5.19 Å². The molecule has 18 heavy (non-hydrogen) atoms. The molecule has 0 atom stereocenters. The van der Waals surface area contributed by atoms with E-state index in [0.29, 0.717) is 10.2 Å². The molecule has 0 aliphatic carbocycles. The van der Waals surface area contributed by atoms with Crippen LogP contribution < -0.4 is 4.74 Å². The Morgan fingerprint density at radius 3 is 2.72 bits per heavy atom. The Balaban J connectivity index is 2.38. The van der Waals surface area contributed by atoms with Crippen molar-refractivity contribution in [1.82, 2.24) is 4.98 Å². The van der Waals surface area contributed by atoms with Gasteiger partial charge in [-0.1, -0.05) is 22.9 Å². The first kappa shape index (κ1) is 12.9. The predicted octanol–water partition coefficient (Wildman–Crippen LogP) is 3.90. The number of hydrogen-bond acceptors (Lipinski definition) is 4. The van der Waals surface area contributed by atoms with Crippen molar-refractivity contribution >= 4 is 28.9 Å². The van der Waals surface area contributed by atoms with Crippen molar-refractivity contribution in [1.29, 1.82) is 0 Å². The smallest absolute Gasteiger partial charge is 0.339 e. The molecule has 0 saturated carbocycles. The minimum atomic E-state index is -1.06. The van der Waals surface area contributed by atoms with Gasteiger partial charge in [-0.25, -0.2) is 9.78 Å². The predicted molar refractivity (Wildman–Crippen MR) is 70.1 cm³/mol. The van der Waals surface area contributed by atoms with Crippen LogP contribution in [0.25, 0.3) is 0 Å². The summed E-state index contributed by atoms with van der Waals surface area (Å²) in [7, 11) is 0. The van der Waals surface area contributed by atoms with Crippen LogP contribution in [0.15, 0.2) is 18.2 Å². The van der Waals surface area contributed by atoms with E-state index in [2.05, 4.69) is 4.98 Å². The maximum absolute atomic E-state index is 11.1. The van der Waals surface area contributed by atoms with E-state index in [1.807, 2.05) is 13.8 Å². The van der Waals surface area contributed by atoms with Gasteiger partial charge in [0.2, 0.25) is 0 Å². The number of carboxylic acid groups (broad SMARTS) is 1. The maximum Gasteiger partial charge on any atom is 0.339 e. The molecule has 1 aromatic heterocycles. The zero-order valence-electron chi connectivity index (χ0n) is 9.73. The fourth-order valence-corrected chi connectivity index (χ4v) is 2.27. The number of aromatic nitrogens is 1. The van der Waals surface area contributed by atoms with E-state index in [1.165, 1.54) is 29.5 Å². The molecule has 0 bridgehead atoms. The van der Waals surface area contributed by atoms with Crippen LogP contribution in [0.2, 0.25) is 5.02 Å². The molecule has 0 fully saturated rings. The Hall–Kier alpha value is -1.59. The highest BCUT2D eigenvalue weighted by atomic mass is 35.5. The summed E-state index contributed by atoms with van der Waals surface area (Å²) in [6.07, 6.45) is 0. The molecule has 0 saturated heterocycles. The van der Waals surface area contributed by atoms with Crippen LogP contribution in [0.5, 0.6) is 10.9 Å². The number of aryl methyl sites for hydroxylation is 2. The average molecular weight is 284 g/mol. The first-order chi connectivity index (χ1) is 8.47. The summed E-state index contributed by atoms with van der Waals surface area (Å²) in [6.45, 7) is 3.80. The van der Waals surface area contributed by atoms with E-state index in [-0.39, 0.29) is 11.3 Å². The molecule has 6 heteroatoms. The van der Waals surface area contributed by atoms with Gasteiger partial charge >= 0.3 is 5.97 Å². The number of thiazole rings is 1. The van der Waals surface area contributed by atoms with Crippen molar-refractivity contribution in [3.8, 4) is 10.9 Å². The minimum Gasteiger partial charge on any atom is -0.478 e. The number of benzene rings is 1. The molecule has 94 valence electrons. The first-order valence-corrected chi connectivity index (χ1v) is 6.31. The number of rotatable bonds is 3. The molecule has 0 aliphatic rings. The van der Waals surface area contributed by atoms with Gasteiger partial charge in [-0.3, -0.25) is 0 Å². The van der Waals surface area contributed by atoms with Crippen molar-refractivity contribution in [3.63, 3.8) is 0 Å². The zero-order valence-corrected chi connectivity index (χ0v) is 11.3. The standard InChI is InChI=1S/C12H10ClNO3S/c1-6-7(2)18-12(14-6)17-10-5-8(13)3-4-9(10)11(15)16/h3-5H,1-2H3,(H,15,16). The van der Waals surface area contributed by atoms with Crippen molar-refractivity contribution in [2.75, 3.05) is 0 Å². The third-order valence-electron chi connectivity index (χ3n) is 2.38. The minimum absolute atomic E-state index is 0.0601. The fraction of sp³-hybridized carbons (Fsp3) is 0.167. The molecular weight excluding hydrogens is 274 g/mol. The van der Waals surface area contributed by atoms with Gasteiger partial charge in [0.15, 0.2) is 0 Å². The highest BCUT2D eigenvalue weighted by molar-refractivity contribution is 7.13. The third kappa shape index (κ3) is 2.63. The van der Waals surface area contributed by atoms with Crippen molar-refractivity contribution in [2.45, 2.75) is 13.8 Å². The molecule has 0 unspecified atom stereocenters. The Morgan fingerprint density at radius 1 is 1.44 bits per heavy atom. The first-order valence-electron chi connectivity index (χ1n) is 5.12. The Bertz CT molecular complexity index is 590. The van der Waals surface area contributed by atoms with Crippen molar-refractivity contribution < 1.29 is 14.6 Å². The van der Waals surface area contributed by atoms with Crippen molar-refractivity contribution in [2.24, 2.45) is 0 Å². The topological polar surface area (TPSA) is 59.4 Å². The second-order valence-corrected chi connectivity index (χ2v) is 5.27. The number of halogens is 1. The molecule has 0 aliphatic heterocycles. The van der Waals surface area contributed by atoms with E-state index >= 15 is 0 Å². The average Bonchev–Trinajstić information content (AvgIpc) is 2.57. The van der Waals surface area contributed by atoms with Gasteiger partial charge in [0.1, 0.15) is 11.3 Å². The fourth-order valence-electron chi connectivity index (χ4n) is 1.34. The molecule has 4 nitrogen and oxygen atoms in total. The molecule has 0 amide bonds. The summed E-state index contributed by atoms with van der Waals surface area (Å²) in [4.78, 5) is 16.3. The van der Waals surface area contributed by atoms with Gasteiger partial charge in [0.05, 0.1) is 5.69 Å². The normalized spacial score (nSPS) is 10.4. The van der Waals surface area contributed by atoms with Gasteiger partial charge in [-0.2, -0.15) is 0 Å². The summed E-state index contributed by atoms with van der Waals surface area (Å²) in [5.74, 6) is -0.865. The lowest BCUT2D eigenvalue weighted by molar-refractivity contribution is 0.0694. The Morgan fingerprint density at radius 2 is 2.17 bits per heavy atom. The number of ether oxygens (including phenoxy) is 1. The number of carboxylic acids is 1. The Kier molecular flexibility index (Phi) is 3.54. The van der Waals surface area contributed by atoms with Crippen LogP contribution in [0.4, 0.5) is 0 Å². The van der Waals surface area contributed by atoms with Crippen LogP contribution in [0.3, 0.4) is 0 Å². The van der Waals surface area contributed by atoms with E-state index in [1.54, 1.807) is 0 Å². The van der Waals surface area contributed by atoms with Gasteiger partial charge in [-0.15, -0.1) is 0 Å². The molecule has 0 radical (unpaired) electrons. The SMILES string of the molecule is Cc1nc(Oc2cc(Cl)ccc2C(=O)O)sc1C. The van der Waals surface area contributed by atoms with E-state index in [9.17, 15) is 4.79 Å². The van der Waals surface area contributed by atoms with Crippen LogP contribution >= 0.6 is 22.9 Å². The van der Waals surface area contributed by atoms with Gasteiger partial charge < -0.3 is 9.84 Å². The lowest BCUT2D eigenvalue weighted by Crippen LogP contribution is -1.99. The highest BCUT2D eigenvalue weighted by Gasteiger charge is 2.14. The summed E-state index contributed by atoms with van der Waals surface area (Å²) in [5.41, 5.74) is 0.929. The molecule has 1 heterocycles. The van der Waals surface area contributed by atoms with Crippen LogP contribution in [-0.4, -0.2) is 16.1 Å². The highest BCUT2D eigenvalue weighted by Crippen LogP contribution is 2.32. The summed E-state index contributed by atoms with van der Waals surface area (Å²) >= 11 is 7.20. The van der Waals surface area contributed by atoms with Crippen LogP contribution in [0.1, 0.15) is 20.9 Å². The summed E-state index contributed by atoms with van der Waals surface area (Å²) in [6, 6.07) is 4.39. The number of carbonyl (C=O) groups is 1. The van der Waals surface area contributed by atoms with Crippen LogP contribution in [0, 0.1) is 13.8 Å². The summed E-state index contributed by atoms with van der Waals surface area (Å²) in [5, 5.41) is 9.88. The van der Waals surface area contributed by atoms with Crippen molar-refractivity contribution in [3.05, 3.63) is 39.4 Å². The number of aromatic carboxylic acids is 1. The molecule has 1 N–H and O–H groups in total. The Labute approximate surface area is 113 Å². The van der Waals surface area contributed by atoms with Crippen LogP contribution in [-0.2, 0) is 0 Å². The van der Waals surface area contributed by atoms with Gasteiger partial charge in [0, 0.05) is 16.0 Å². The van der Waals surface area contributed by atoms with E-state index < -0.39 is 5.97 Å². The lowest BCUT2D eigenvalue weighted by atomic mass is 10.2. The quantitative estimate of drug-likeness (QED) is 0.928. The number of nitrogens with zero attached hydrogens (tertiary/aromatic N) is 1. The second-order valence-electron chi connectivity index (χ2n) is 3.67. The molecule has 0 spiro atoms. The zero-order chi connectivity index (χ0) is 13.3. The third-order valence-corrected chi connectivity index (χ3v) is 3.57. The molecular formula is C12H10ClNO3S.